The Kier molecular flexibility index (Phi) is 8.27. The molecule has 0 spiro atoms. The molecule has 1 fully saturated rings. The van der Waals surface area contributed by atoms with Crippen molar-refractivity contribution in [1.82, 2.24) is 29.9 Å². The Morgan fingerprint density at radius 2 is 1.89 bits per heavy atom. The van der Waals surface area contributed by atoms with Crippen molar-refractivity contribution in [2.24, 2.45) is 7.05 Å². The molecule has 4 aromatic rings. The zero-order valence-corrected chi connectivity index (χ0v) is 26.4. The van der Waals surface area contributed by atoms with E-state index in [1.54, 1.807) is 42.2 Å². The predicted molar refractivity (Wildman–Crippen MR) is 160 cm³/mol. The van der Waals surface area contributed by atoms with Crippen molar-refractivity contribution < 1.29 is 33.1 Å². The highest BCUT2D eigenvalue weighted by Gasteiger charge is 2.44. The minimum atomic E-state index is -2.02. The van der Waals surface area contributed by atoms with Gasteiger partial charge in [-0.25, -0.2) is 14.8 Å². The molecule has 0 radical (unpaired) electrons. The number of anilines is 1. The Bertz CT molecular complexity index is 1660. The maximum atomic E-state index is 13.3. The molecule has 0 aliphatic heterocycles. The number of aryl methyl sites for hydroxylation is 1. The molecule has 44 heavy (non-hydrogen) atoms. The normalized spacial score (nSPS) is 14.5. The molecule has 14 nitrogen and oxygen atoms in total. The molecule has 1 aromatic carbocycles. The summed E-state index contributed by atoms with van der Waals surface area (Å²) in [6, 6.07) is 6.62. The quantitative estimate of drug-likeness (QED) is 0.206. The number of benzene rings is 1. The maximum Gasteiger partial charge on any atom is 0.377 e. The Morgan fingerprint density at radius 3 is 2.45 bits per heavy atom. The molecule has 232 valence electrons. The van der Waals surface area contributed by atoms with Crippen LogP contribution in [0.3, 0.4) is 0 Å². The number of carbonyl (C=O) groups is 2. The van der Waals surface area contributed by atoms with E-state index < -0.39 is 31.6 Å². The minimum absolute atomic E-state index is 0.0566. The molecule has 0 atom stereocenters. The second-order valence-corrected chi connectivity index (χ2v) is 17.1. The third kappa shape index (κ3) is 6.94. The van der Waals surface area contributed by atoms with Crippen molar-refractivity contribution >= 4 is 26.0 Å². The standard InChI is InChI=1S/C29H35N7O7Si/c1-28(2,3)44(5,6)40-17-29(9-7-10-29)42-20-13-18(25(37)32-22-8-11-36(4)34-22)12-19(14-20)41-23-16-30-21(15-31-23)26-33-24(27(38)39)35-43-26/h8,11-16H,7,9-10,17H2,1-6H3,(H,38,39)(H,32,34,37). The molecule has 1 saturated carbocycles. The van der Waals surface area contributed by atoms with E-state index in [-0.39, 0.29) is 22.5 Å². The maximum absolute atomic E-state index is 13.3. The monoisotopic (exact) mass is 621 g/mol. The van der Waals surface area contributed by atoms with E-state index in [0.717, 1.165) is 19.3 Å². The smallest absolute Gasteiger partial charge is 0.377 e. The second-order valence-electron chi connectivity index (χ2n) is 12.3. The van der Waals surface area contributed by atoms with Crippen molar-refractivity contribution in [2.45, 2.75) is 63.8 Å². The van der Waals surface area contributed by atoms with Gasteiger partial charge < -0.3 is 28.8 Å². The topological polar surface area (TPSA) is 177 Å². The van der Waals surface area contributed by atoms with Crippen LogP contribution in [0.15, 0.2) is 47.4 Å². The number of hydrogen-bond donors (Lipinski definition) is 2. The van der Waals surface area contributed by atoms with E-state index in [1.165, 1.54) is 12.4 Å². The van der Waals surface area contributed by atoms with Crippen molar-refractivity contribution in [3.63, 3.8) is 0 Å². The third-order valence-electron chi connectivity index (χ3n) is 7.89. The van der Waals surface area contributed by atoms with E-state index in [0.29, 0.717) is 29.5 Å². The summed E-state index contributed by atoms with van der Waals surface area (Å²) in [4.78, 5) is 36.5. The zero-order valence-electron chi connectivity index (χ0n) is 25.4. The van der Waals surface area contributed by atoms with Crippen LogP contribution in [-0.4, -0.2) is 67.4 Å². The van der Waals surface area contributed by atoms with Gasteiger partial charge in [0, 0.05) is 30.9 Å². The van der Waals surface area contributed by atoms with Crippen molar-refractivity contribution in [2.75, 3.05) is 11.9 Å². The largest absolute Gasteiger partial charge is 0.485 e. The molecule has 2 N–H and O–H groups in total. The van der Waals surface area contributed by atoms with E-state index in [4.69, 9.17) is 23.5 Å². The van der Waals surface area contributed by atoms with Crippen LogP contribution in [0.4, 0.5) is 5.82 Å². The Morgan fingerprint density at radius 1 is 1.14 bits per heavy atom. The number of nitrogens with one attached hydrogen (secondary N) is 1. The summed E-state index contributed by atoms with van der Waals surface area (Å²) < 4.78 is 25.6. The number of amides is 1. The van der Waals surface area contributed by atoms with Crippen LogP contribution in [0, 0.1) is 0 Å². The van der Waals surface area contributed by atoms with Gasteiger partial charge in [-0.2, -0.15) is 10.1 Å². The van der Waals surface area contributed by atoms with Gasteiger partial charge in [0.2, 0.25) is 5.88 Å². The van der Waals surface area contributed by atoms with Gasteiger partial charge in [0.15, 0.2) is 14.1 Å². The van der Waals surface area contributed by atoms with Gasteiger partial charge in [0.25, 0.3) is 17.6 Å². The van der Waals surface area contributed by atoms with E-state index in [1.807, 2.05) is 0 Å². The van der Waals surface area contributed by atoms with Crippen LogP contribution in [0.25, 0.3) is 11.6 Å². The van der Waals surface area contributed by atoms with Crippen LogP contribution in [0.1, 0.15) is 61.0 Å². The number of hydrogen-bond acceptors (Lipinski definition) is 11. The molecular weight excluding hydrogens is 586 g/mol. The lowest BCUT2D eigenvalue weighted by Crippen LogP contribution is -2.52. The number of ether oxygens (including phenoxy) is 2. The first-order valence-electron chi connectivity index (χ1n) is 14.1. The van der Waals surface area contributed by atoms with Crippen LogP contribution in [-0.2, 0) is 11.5 Å². The van der Waals surface area contributed by atoms with E-state index in [9.17, 15) is 9.59 Å². The lowest BCUT2D eigenvalue weighted by atomic mass is 9.80. The fourth-order valence-corrected chi connectivity index (χ4v) is 5.19. The molecule has 0 bridgehead atoms. The van der Waals surface area contributed by atoms with Gasteiger partial charge in [-0.05, 0) is 54.7 Å². The molecule has 3 heterocycles. The number of carboxylic acids is 1. The fraction of sp³-hybridized carbons (Fsp3) is 0.414. The zero-order chi connectivity index (χ0) is 31.7. The van der Waals surface area contributed by atoms with E-state index >= 15 is 0 Å². The molecule has 0 saturated heterocycles. The highest BCUT2D eigenvalue weighted by molar-refractivity contribution is 6.74. The Hall–Kier alpha value is -4.63. The van der Waals surface area contributed by atoms with Gasteiger partial charge in [0.1, 0.15) is 22.8 Å². The number of carbonyl (C=O) groups excluding carboxylic acids is 1. The predicted octanol–water partition coefficient (Wildman–Crippen LogP) is 5.33. The fourth-order valence-electron chi connectivity index (χ4n) is 4.13. The summed E-state index contributed by atoms with van der Waals surface area (Å²) >= 11 is 0. The summed E-state index contributed by atoms with van der Waals surface area (Å²) in [7, 11) is -0.257. The van der Waals surface area contributed by atoms with Crippen molar-refractivity contribution in [1.29, 1.82) is 0 Å². The highest BCUT2D eigenvalue weighted by atomic mass is 28.4. The van der Waals surface area contributed by atoms with Gasteiger partial charge in [-0.15, -0.1) is 0 Å². The summed E-state index contributed by atoms with van der Waals surface area (Å²) in [6.45, 7) is 11.5. The molecule has 5 rings (SSSR count). The summed E-state index contributed by atoms with van der Waals surface area (Å²) in [6.07, 6.45) is 7.03. The number of aromatic nitrogens is 6. The highest BCUT2D eigenvalue weighted by Crippen LogP contribution is 2.42. The van der Waals surface area contributed by atoms with Crippen LogP contribution in [0.2, 0.25) is 18.1 Å². The Balaban J connectivity index is 1.39. The first-order valence-corrected chi connectivity index (χ1v) is 17.0. The average Bonchev–Trinajstić information content (AvgIpc) is 3.59. The summed E-state index contributed by atoms with van der Waals surface area (Å²) in [5, 5.41) is 19.5. The molecule has 1 aliphatic rings. The third-order valence-corrected chi connectivity index (χ3v) is 12.4. The van der Waals surface area contributed by atoms with Gasteiger partial charge >= 0.3 is 5.97 Å². The van der Waals surface area contributed by atoms with Crippen molar-refractivity contribution in [3.8, 4) is 29.0 Å². The number of carboxylic acid groups (broad SMARTS) is 1. The lowest BCUT2D eigenvalue weighted by Gasteiger charge is -2.45. The van der Waals surface area contributed by atoms with Crippen LogP contribution >= 0.6 is 0 Å². The Labute approximate surface area is 254 Å². The molecule has 1 amide bonds. The number of nitrogens with zero attached hydrogens (tertiary/aromatic N) is 6. The molecular formula is C29H35N7O7Si. The SMILES string of the molecule is Cn1ccc(NC(=O)c2cc(Oc3cnc(-c4nc(C(=O)O)no4)cn3)cc(OC3(CO[Si](C)(C)C(C)(C)C)CCC3)c2)n1. The molecule has 15 heteroatoms. The summed E-state index contributed by atoms with van der Waals surface area (Å²) in [5.41, 5.74) is -0.0541. The second kappa shape index (κ2) is 11.8. The number of aromatic carboxylic acids is 1. The molecule has 0 unspecified atom stereocenters. The van der Waals surface area contributed by atoms with Crippen LogP contribution < -0.4 is 14.8 Å². The molecule has 1 aliphatic carbocycles. The average molecular weight is 622 g/mol. The van der Waals surface area contributed by atoms with Crippen LogP contribution in [0.5, 0.6) is 17.4 Å². The number of rotatable bonds is 11. The summed E-state index contributed by atoms with van der Waals surface area (Å²) in [5.74, 6) is -1.06. The first-order chi connectivity index (χ1) is 20.7. The lowest BCUT2D eigenvalue weighted by molar-refractivity contribution is -0.0474. The van der Waals surface area contributed by atoms with Gasteiger partial charge in [-0.1, -0.05) is 20.8 Å². The first kappa shape index (κ1) is 30.8. The van der Waals surface area contributed by atoms with Crippen molar-refractivity contribution in [3.05, 3.63) is 54.2 Å². The van der Waals surface area contributed by atoms with E-state index in [2.05, 4.69) is 64.4 Å². The van der Waals surface area contributed by atoms with Gasteiger partial charge in [-0.3, -0.25) is 9.48 Å². The van der Waals surface area contributed by atoms with Gasteiger partial charge in [0.05, 0.1) is 19.0 Å². The molecule has 3 aromatic heterocycles. The minimum Gasteiger partial charge on any atom is -0.485 e.